The number of nitrogens with two attached hydrogens (primary N) is 1. The highest BCUT2D eigenvalue weighted by Gasteiger charge is 2.33. The second-order valence-corrected chi connectivity index (χ2v) is 11.3. The van der Waals surface area contributed by atoms with Gasteiger partial charge in [-0.25, -0.2) is 14.4 Å². The van der Waals surface area contributed by atoms with Gasteiger partial charge in [0.1, 0.15) is 35.2 Å². The summed E-state index contributed by atoms with van der Waals surface area (Å²) in [6, 6.07) is 12.6. The molecule has 9 nitrogen and oxygen atoms in total. The van der Waals surface area contributed by atoms with Crippen LogP contribution in [0, 0.1) is 23.0 Å². The molecule has 2 N–H and O–H groups in total. The van der Waals surface area contributed by atoms with Gasteiger partial charge in [-0.2, -0.15) is 9.65 Å². The van der Waals surface area contributed by atoms with E-state index in [0.717, 1.165) is 30.0 Å². The van der Waals surface area contributed by atoms with Gasteiger partial charge in [0.25, 0.3) is 5.91 Å². The minimum Gasteiger partial charge on any atom is -0.454 e. The average Bonchev–Trinajstić information content (AvgIpc) is 3.60. The van der Waals surface area contributed by atoms with Crippen molar-refractivity contribution < 1.29 is 18.3 Å². The first kappa shape index (κ1) is 29.7. The van der Waals surface area contributed by atoms with Crippen LogP contribution in [0.15, 0.2) is 66.6 Å². The zero-order chi connectivity index (χ0) is 30.9. The van der Waals surface area contributed by atoms with Crippen LogP contribution in [0.4, 0.5) is 14.6 Å². The Hall–Kier alpha value is -4.82. The molecule has 0 aliphatic carbocycles. The molecule has 1 aliphatic heterocycles. The Balaban J connectivity index is 1.43. The predicted octanol–water partition coefficient (Wildman–Crippen LogP) is 5.53. The summed E-state index contributed by atoms with van der Waals surface area (Å²) in [5, 5.41) is 10.5. The molecule has 1 fully saturated rings. The molecule has 0 saturated carbocycles. The van der Waals surface area contributed by atoms with E-state index in [1.807, 2.05) is 43.6 Å². The third-order valence-corrected chi connectivity index (χ3v) is 8.04. The molecule has 11 heteroatoms. The maximum atomic E-state index is 14.1. The highest BCUT2D eigenvalue weighted by atomic mass is 19.2. The smallest absolute Gasteiger partial charge is 0.264 e. The Morgan fingerprint density at radius 3 is 2.65 bits per heavy atom. The lowest BCUT2D eigenvalue weighted by atomic mass is 9.99. The predicted molar refractivity (Wildman–Crippen MR) is 160 cm³/mol. The van der Waals surface area contributed by atoms with Crippen molar-refractivity contribution in [3.8, 4) is 28.7 Å². The Morgan fingerprint density at radius 1 is 1.21 bits per heavy atom. The fraction of sp³-hybridized carbons (Fsp3) is 0.312. The molecular formula is C32H33F2N7O2. The highest BCUT2D eigenvalue weighted by Crippen LogP contribution is 2.35. The van der Waals surface area contributed by atoms with E-state index in [4.69, 9.17) is 10.5 Å². The molecule has 4 aromatic rings. The van der Waals surface area contributed by atoms with Gasteiger partial charge in [0, 0.05) is 30.4 Å². The first-order valence-electron chi connectivity index (χ1n) is 13.9. The molecule has 2 aromatic carbocycles. The molecule has 0 unspecified atom stereocenters. The zero-order valence-corrected chi connectivity index (χ0v) is 24.5. The SMILES string of the molecule is CN(C)C(C)(C)/C=C(/C#N)C(=O)N1CCC[C@H]1Cn1cc(-c2ccc(Oc3cccc(F)c3F)cc2)c2c(N)ncnc21. The van der Waals surface area contributed by atoms with Gasteiger partial charge in [-0.05, 0) is 76.7 Å². The number of ether oxygens (including phenoxy) is 1. The number of amides is 1. The van der Waals surface area contributed by atoms with Gasteiger partial charge in [0.2, 0.25) is 5.82 Å². The molecule has 2 aromatic heterocycles. The van der Waals surface area contributed by atoms with Gasteiger partial charge in [0.05, 0.1) is 11.4 Å². The molecule has 43 heavy (non-hydrogen) atoms. The van der Waals surface area contributed by atoms with Gasteiger partial charge < -0.3 is 24.8 Å². The van der Waals surface area contributed by atoms with Crippen molar-refractivity contribution in [2.75, 3.05) is 26.4 Å². The van der Waals surface area contributed by atoms with E-state index in [1.54, 1.807) is 35.2 Å². The molecule has 0 radical (unpaired) electrons. The highest BCUT2D eigenvalue weighted by molar-refractivity contribution is 6.01. The summed E-state index contributed by atoms with van der Waals surface area (Å²) in [7, 11) is 3.81. The van der Waals surface area contributed by atoms with Crippen LogP contribution in [0.3, 0.4) is 0 Å². The van der Waals surface area contributed by atoms with Crippen LogP contribution in [-0.4, -0.2) is 62.5 Å². The van der Waals surface area contributed by atoms with Crippen LogP contribution in [0.1, 0.15) is 26.7 Å². The molecule has 1 amide bonds. The van der Waals surface area contributed by atoms with Gasteiger partial charge in [-0.3, -0.25) is 4.79 Å². The molecule has 1 aliphatic rings. The number of hydrogen-bond donors (Lipinski definition) is 1. The van der Waals surface area contributed by atoms with Crippen molar-refractivity contribution in [3.63, 3.8) is 0 Å². The second-order valence-electron chi connectivity index (χ2n) is 11.3. The molecule has 0 bridgehead atoms. The van der Waals surface area contributed by atoms with Crippen molar-refractivity contribution in [3.05, 3.63) is 78.3 Å². The van der Waals surface area contributed by atoms with E-state index in [1.165, 1.54) is 18.5 Å². The number of nitrogen functional groups attached to an aromatic ring is 1. The lowest BCUT2D eigenvalue weighted by Gasteiger charge is -2.30. The second kappa shape index (κ2) is 11.8. The number of carbonyl (C=O) groups is 1. The summed E-state index contributed by atoms with van der Waals surface area (Å²) in [4.78, 5) is 26.0. The lowest BCUT2D eigenvalue weighted by molar-refractivity contribution is -0.127. The minimum absolute atomic E-state index is 0.121. The van der Waals surface area contributed by atoms with Crippen molar-refractivity contribution in [2.45, 2.75) is 44.8 Å². The molecule has 1 saturated heterocycles. The largest absolute Gasteiger partial charge is 0.454 e. The van der Waals surface area contributed by atoms with Crippen molar-refractivity contribution in [1.82, 2.24) is 24.3 Å². The van der Waals surface area contributed by atoms with E-state index in [0.29, 0.717) is 35.7 Å². The number of halogens is 2. The number of fused-ring (bicyclic) bond motifs is 1. The number of benzene rings is 2. The number of hydrogen-bond acceptors (Lipinski definition) is 7. The average molecular weight is 586 g/mol. The first-order valence-corrected chi connectivity index (χ1v) is 13.9. The first-order chi connectivity index (χ1) is 20.5. The quantitative estimate of drug-likeness (QED) is 0.214. The number of anilines is 1. The summed E-state index contributed by atoms with van der Waals surface area (Å²) in [6.07, 6.45) is 6.65. The molecule has 1 atom stereocenters. The maximum Gasteiger partial charge on any atom is 0.264 e. The summed E-state index contributed by atoms with van der Waals surface area (Å²) in [6.45, 7) is 4.92. The Bertz CT molecular complexity index is 1740. The number of rotatable bonds is 8. The van der Waals surface area contributed by atoms with Crippen LogP contribution in [-0.2, 0) is 11.3 Å². The topological polar surface area (TPSA) is 113 Å². The molecule has 222 valence electrons. The van der Waals surface area contributed by atoms with Gasteiger partial charge in [-0.1, -0.05) is 18.2 Å². The zero-order valence-electron chi connectivity index (χ0n) is 24.5. The number of nitriles is 1. The number of aromatic nitrogens is 3. The summed E-state index contributed by atoms with van der Waals surface area (Å²) in [5.74, 6) is -1.90. The van der Waals surface area contributed by atoms with Gasteiger partial charge in [0.15, 0.2) is 11.6 Å². The number of likely N-dealkylation sites (tertiary alicyclic amines) is 1. The fourth-order valence-corrected chi connectivity index (χ4v) is 5.20. The third-order valence-electron chi connectivity index (χ3n) is 8.04. The number of likely N-dealkylation sites (N-methyl/N-ethyl adjacent to an activating group) is 1. The molecule has 5 rings (SSSR count). The van der Waals surface area contributed by atoms with Crippen LogP contribution < -0.4 is 10.5 Å². The van der Waals surface area contributed by atoms with E-state index in [9.17, 15) is 18.8 Å². The van der Waals surface area contributed by atoms with E-state index >= 15 is 0 Å². The summed E-state index contributed by atoms with van der Waals surface area (Å²) >= 11 is 0. The van der Waals surface area contributed by atoms with Crippen molar-refractivity contribution >= 4 is 22.8 Å². The van der Waals surface area contributed by atoms with E-state index in [2.05, 4.69) is 16.0 Å². The minimum atomic E-state index is -1.06. The Kier molecular flexibility index (Phi) is 8.15. The normalized spacial score (nSPS) is 15.7. The number of carbonyl (C=O) groups excluding carboxylic acids is 1. The van der Waals surface area contributed by atoms with Crippen LogP contribution in [0.5, 0.6) is 11.5 Å². The van der Waals surface area contributed by atoms with E-state index < -0.39 is 17.2 Å². The van der Waals surface area contributed by atoms with Crippen LogP contribution >= 0.6 is 0 Å². The maximum absolute atomic E-state index is 14.1. The third kappa shape index (κ3) is 5.92. The monoisotopic (exact) mass is 585 g/mol. The fourth-order valence-electron chi connectivity index (χ4n) is 5.20. The summed E-state index contributed by atoms with van der Waals surface area (Å²) < 4.78 is 35.2. The lowest BCUT2D eigenvalue weighted by Crippen LogP contribution is -2.41. The molecule has 3 heterocycles. The van der Waals surface area contributed by atoms with Crippen molar-refractivity contribution in [2.24, 2.45) is 0 Å². The van der Waals surface area contributed by atoms with Crippen LogP contribution in [0.25, 0.3) is 22.2 Å². The van der Waals surface area contributed by atoms with Gasteiger partial charge in [-0.15, -0.1) is 0 Å². The number of nitrogens with zero attached hydrogens (tertiary/aromatic N) is 6. The Labute approximate surface area is 248 Å². The Morgan fingerprint density at radius 2 is 1.95 bits per heavy atom. The van der Waals surface area contributed by atoms with Crippen LogP contribution in [0.2, 0.25) is 0 Å². The van der Waals surface area contributed by atoms with E-state index in [-0.39, 0.29) is 23.3 Å². The molecule has 0 spiro atoms. The van der Waals surface area contributed by atoms with Gasteiger partial charge >= 0.3 is 0 Å². The van der Waals surface area contributed by atoms with Crippen molar-refractivity contribution in [1.29, 1.82) is 5.26 Å². The standard InChI is InChI=1S/C32H33F2N7O2/c1-32(2,39(3)4)15-21(16-35)31(42)41-14-6-7-22(41)17-40-18-24(27-29(36)37-19-38-30(27)40)20-10-12-23(13-11-20)43-26-9-5-8-25(33)28(26)34/h5,8-13,15,18-19,22H,6-7,14,17H2,1-4H3,(H2,36,37,38)/b21-15-/t22-/m0/s1. The summed E-state index contributed by atoms with van der Waals surface area (Å²) in [5.41, 5.74) is 8.15. The molecular weight excluding hydrogens is 552 g/mol.